The quantitative estimate of drug-likeness (QED) is 0.729. The molecule has 0 bridgehead atoms. The topological polar surface area (TPSA) is 88.1 Å². The third-order valence-corrected chi connectivity index (χ3v) is 4.71. The Kier molecular flexibility index (Phi) is 7.00. The Hall–Kier alpha value is -2.71. The molecule has 2 heterocycles. The summed E-state index contributed by atoms with van der Waals surface area (Å²) in [4.78, 5) is 16.8. The number of halogens is 1. The Labute approximate surface area is 174 Å². The highest BCUT2D eigenvalue weighted by Crippen LogP contribution is 2.40. The van der Waals surface area contributed by atoms with Crippen LogP contribution in [0.1, 0.15) is 23.2 Å². The highest BCUT2D eigenvalue weighted by Gasteiger charge is 2.19. The van der Waals surface area contributed by atoms with Gasteiger partial charge in [-0.15, -0.1) is 0 Å². The maximum atomic E-state index is 12.6. The van der Waals surface area contributed by atoms with E-state index in [4.69, 9.17) is 35.3 Å². The third-order valence-electron chi connectivity index (χ3n) is 4.44. The number of ether oxygens (including phenoxy) is 5. The van der Waals surface area contributed by atoms with Gasteiger partial charge in [-0.3, -0.25) is 4.79 Å². The van der Waals surface area contributed by atoms with Crippen molar-refractivity contribution in [3.63, 3.8) is 0 Å². The number of pyridine rings is 1. The van der Waals surface area contributed by atoms with Crippen molar-refractivity contribution in [3.8, 4) is 23.1 Å². The molecule has 1 aliphatic heterocycles. The molecule has 1 aromatic heterocycles. The van der Waals surface area contributed by atoms with E-state index >= 15 is 0 Å². The zero-order valence-corrected chi connectivity index (χ0v) is 17.2. The van der Waals surface area contributed by atoms with E-state index in [1.54, 1.807) is 12.1 Å². The van der Waals surface area contributed by atoms with Crippen LogP contribution in [0.15, 0.2) is 24.4 Å². The minimum absolute atomic E-state index is 0.00709. The summed E-state index contributed by atoms with van der Waals surface area (Å²) in [5.41, 5.74) is 0.770. The van der Waals surface area contributed by atoms with E-state index in [1.807, 2.05) is 0 Å². The first-order valence-electron chi connectivity index (χ1n) is 9.07. The van der Waals surface area contributed by atoms with Gasteiger partial charge in [-0.05, 0) is 6.07 Å². The van der Waals surface area contributed by atoms with Crippen LogP contribution in [0.4, 0.5) is 5.69 Å². The fourth-order valence-electron chi connectivity index (χ4n) is 2.94. The van der Waals surface area contributed by atoms with Crippen molar-refractivity contribution in [2.24, 2.45) is 0 Å². The van der Waals surface area contributed by atoms with E-state index in [0.29, 0.717) is 47.6 Å². The molecule has 1 aliphatic rings. The maximum Gasteiger partial charge on any atom is 0.257 e. The molecule has 0 aliphatic carbocycles. The minimum Gasteiger partial charge on any atom is -0.493 e. The molecule has 0 spiro atoms. The maximum absolute atomic E-state index is 12.6. The summed E-state index contributed by atoms with van der Waals surface area (Å²) in [7, 11) is 4.52. The number of hydrogen-bond donors (Lipinski definition) is 1. The van der Waals surface area contributed by atoms with Gasteiger partial charge < -0.3 is 29.0 Å². The molecule has 2 aromatic rings. The second-order valence-corrected chi connectivity index (χ2v) is 6.72. The van der Waals surface area contributed by atoms with Crippen LogP contribution in [0.3, 0.4) is 0 Å². The van der Waals surface area contributed by atoms with Crippen molar-refractivity contribution < 1.29 is 28.5 Å². The van der Waals surface area contributed by atoms with E-state index in [1.165, 1.54) is 33.6 Å². The van der Waals surface area contributed by atoms with E-state index in [9.17, 15) is 4.79 Å². The first-order chi connectivity index (χ1) is 14.0. The van der Waals surface area contributed by atoms with Crippen molar-refractivity contribution in [1.82, 2.24) is 4.98 Å². The number of carbonyl (C=O) groups is 1. The van der Waals surface area contributed by atoms with Crippen molar-refractivity contribution in [1.29, 1.82) is 0 Å². The molecule has 1 N–H and O–H groups in total. The number of benzene rings is 1. The Bertz CT molecular complexity index is 845. The molecule has 1 saturated heterocycles. The monoisotopic (exact) mass is 422 g/mol. The van der Waals surface area contributed by atoms with Gasteiger partial charge in [0, 0.05) is 36.9 Å². The average Bonchev–Trinajstić information content (AvgIpc) is 2.75. The summed E-state index contributed by atoms with van der Waals surface area (Å²) in [6, 6.07) is 4.80. The lowest BCUT2D eigenvalue weighted by Crippen LogP contribution is -2.26. The number of hydrogen-bond acceptors (Lipinski definition) is 7. The van der Waals surface area contributed by atoms with Crippen molar-refractivity contribution in [2.75, 3.05) is 39.9 Å². The Morgan fingerprint density at radius 3 is 2.31 bits per heavy atom. The standard InChI is InChI=1S/C20H23ClN2O6/c1-25-16-9-13(10-17(26-2)18(16)27-3)23-19(24)12-8-15(21)20(22-11-12)29-14-4-6-28-7-5-14/h8-11,14H,4-7H2,1-3H3,(H,23,24). The highest BCUT2D eigenvalue weighted by atomic mass is 35.5. The van der Waals surface area contributed by atoms with E-state index in [-0.39, 0.29) is 17.0 Å². The molecule has 0 radical (unpaired) electrons. The first kappa shape index (κ1) is 21.0. The zero-order valence-electron chi connectivity index (χ0n) is 16.5. The van der Waals surface area contributed by atoms with E-state index < -0.39 is 0 Å². The number of aromatic nitrogens is 1. The van der Waals surface area contributed by atoms with Gasteiger partial charge in [0.15, 0.2) is 11.5 Å². The second-order valence-electron chi connectivity index (χ2n) is 6.31. The number of methoxy groups -OCH3 is 3. The van der Waals surface area contributed by atoms with Crippen LogP contribution in [0.2, 0.25) is 5.02 Å². The average molecular weight is 423 g/mol. The van der Waals surface area contributed by atoms with Crippen molar-refractivity contribution in [2.45, 2.75) is 18.9 Å². The zero-order chi connectivity index (χ0) is 20.8. The molecule has 0 atom stereocenters. The normalized spacial score (nSPS) is 14.2. The van der Waals surface area contributed by atoms with Crippen LogP contribution in [-0.2, 0) is 4.74 Å². The van der Waals surface area contributed by atoms with Gasteiger partial charge in [0.1, 0.15) is 11.1 Å². The minimum atomic E-state index is -0.383. The van der Waals surface area contributed by atoms with Gasteiger partial charge >= 0.3 is 0 Å². The van der Waals surface area contributed by atoms with Gasteiger partial charge in [0.05, 0.1) is 40.1 Å². The summed E-state index contributed by atoms with van der Waals surface area (Å²) in [6.07, 6.45) is 2.99. The second kappa shape index (κ2) is 9.67. The van der Waals surface area contributed by atoms with Crippen LogP contribution in [0.25, 0.3) is 0 Å². The first-order valence-corrected chi connectivity index (χ1v) is 9.44. The van der Waals surface area contributed by atoms with Crippen LogP contribution in [-0.4, -0.2) is 51.5 Å². The number of nitrogens with one attached hydrogen (secondary N) is 1. The van der Waals surface area contributed by atoms with E-state index in [0.717, 1.165) is 12.8 Å². The summed E-state index contributed by atoms with van der Waals surface area (Å²) >= 11 is 6.28. The molecule has 3 rings (SSSR count). The number of nitrogens with zero attached hydrogens (tertiary/aromatic N) is 1. The smallest absolute Gasteiger partial charge is 0.257 e. The number of amides is 1. The van der Waals surface area contributed by atoms with Crippen LogP contribution in [0, 0.1) is 0 Å². The fraction of sp³-hybridized carbons (Fsp3) is 0.400. The van der Waals surface area contributed by atoms with Crippen LogP contribution < -0.4 is 24.3 Å². The SMILES string of the molecule is COc1cc(NC(=O)c2cnc(OC3CCOCC3)c(Cl)c2)cc(OC)c1OC. The third kappa shape index (κ3) is 5.02. The predicted molar refractivity (Wildman–Crippen MR) is 108 cm³/mol. The molecule has 29 heavy (non-hydrogen) atoms. The molecule has 8 nitrogen and oxygen atoms in total. The largest absolute Gasteiger partial charge is 0.493 e. The molecule has 1 aromatic carbocycles. The molecule has 9 heteroatoms. The highest BCUT2D eigenvalue weighted by molar-refractivity contribution is 6.32. The summed E-state index contributed by atoms with van der Waals surface area (Å²) in [6.45, 7) is 1.30. The molecule has 156 valence electrons. The molecule has 1 amide bonds. The summed E-state index contributed by atoms with van der Waals surface area (Å²) in [5, 5.41) is 3.05. The lowest BCUT2D eigenvalue weighted by molar-refractivity contribution is 0.0238. The lowest BCUT2D eigenvalue weighted by atomic mass is 10.1. The molecular weight excluding hydrogens is 400 g/mol. The predicted octanol–water partition coefficient (Wildman–Crippen LogP) is 3.57. The molecule has 0 unspecified atom stereocenters. The Balaban J connectivity index is 1.74. The van der Waals surface area contributed by atoms with Gasteiger partial charge in [0.2, 0.25) is 11.6 Å². The van der Waals surface area contributed by atoms with Gasteiger partial charge in [-0.2, -0.15) is 0 Å². The van der Waals surface area contributed by atoms with E-state index in [2.05, 4.69) is 10.3 Å². The summed E-state index contributed by atoms with van der Waals surface area (Å²) < 4.78 is 27.0. The fourth-order valence-corrected chi connectivity index (χ4v) is 3.16. The van der Waals surface area contributed by atoms with Crippen LogP contribution in [0.5, 0.6) is 23.1 Å². The number of anilines is 1. The van der Waals surface area contributed by atoms with Crippen molar-refractivity contribution >= 4 is 23.2 Å². The molecule has 0 saturated carbocycles. The Morgan fingerprint density at radius 1 is 1.10 bits per heavy atom. The Morgan fingerprint density at radius 2 is 1.76 bits per heavy atom. The van der Waals surface area contributed by atoms with Crippen molar-refractivity contribution in [3.05, 3.63) is 35.0 Å². The number of carbonyl (C=O) groups excluding carboxylic acids is 1. The van der Waals surface area contributed by atoms with Gasteiger partial charge in [-0.25, -0.2) is 4.98 Å². The van der Waals surface area contributed by atoms with Crippen LogP contribution >= 0.6 is 11.6 Å². The van der Waals surface area contributed by atoms with Gasteiger partial charge in [-0.1, -0.05) is 11.6 Å². The molecule has 1 fully saturated rings. The number of rotatable bonds is 7. The molecular formula is C20H23ClN2O6. The lowest BCUT2D eigenvalue weighted by Gasteiger charge is -2.23. The summed E-state index contributed by atoms with van der Waals surface area (Å²) in [5.74, 6) is 1.22. The van der Waals surface area contributed by atoms with Gasteiger partial charge in [0.25, 0.3) is 5.91 Å².